The van der Waals surface area contributed by atoms with Crippen molar-refractivity contribution in [2.45, 2.75) is 26.8 Å². The fourth-order valence-electron chi connectivity index (χ4n) is 1.25. The Labute approximate surface area is 99.0 Å². The second kappa shape index (κ2) is 7.49. The van der Waals surface area contributed by atoms with Gasteiger partial charge in [-0.05, 0) is 12.5 Å². The molecule has 1 nitrogen and oxygen atoms in total. The Bertz CT molecular complexity index is 291. The predicted molar refractivity (Wildman–Crippen MR) is 70.5 cm³/mol. The van der Waals surface area contributed by atoms with Crippen LogP contribution in [-0.4, -0.2) is 12.6 Å². The molecule has 84 valence electrons. The van der Waals surface area contributed by atoms with Crippen molar-refractivity contribution < 1.29 is 0 Å². The van der Waals surface area contributed by atoms with Gasteiger partial charge in [0.1, 0.15) is 0 Å². The van der Waals surface area contributed by atoms with Gasteiger partial charge in [0.05, 0.1) is 0 Å². The third kappa shape index (κ3) is 6.32. The molecular weight excluding hydrogens is 206 g/mol. The number of rotatable bonds is 4. The van der Waals surface area contributed by atoms with Gasteiger partial charge in [-0.15, -0.1) is 12.4 Å². The summed E-state index contributed by atoms with van der Waals surface area (Å²) >= 11 is 0. The first-order valence-electron chi connectivity index (χ1n) is 5.14. The van der Waals surface area contributed by atoms with E-state index in [9.17, 15) is 0 Å². The number of nitrogens with one attached hydrogen (secondary N) is 1. The lowest BCUT2D eigenvalue weighted by molar-refractivity contribution is 0.623. The lowest BCUT2D eigenvalue weighted by Crippen LogP contribution is -2.24. The average molecular weight is 226 g/mol. The van der Waals surface area contributed by atoms with Crippen LogP contribution in [-0.2, 0) is 0 Å². The molecule has 1 aromatic carbocycles. The van der Waals surface area contributed by atoms with E-state index in [4.69, 9.17) is 0 Å². The van der Waals surface area contributed by atoms with E-state index in [2.05, 4.69) is 56.4 Å². The summed E-state index contributed by atoms with van der Waals surface area (Å²) in [6, 6.07) is 11.0. The highest BCUT2D eigenvalue weighted by atomic mass is 35.5. The van der Waals surface area contributed by atoms with Gasteiger partial charge in [0, 0.05) is 12.6 Å². The Balaban J connectivity index is 0.00000196. The standard InChI is InChI=1S/C13H19N.ClH/c1-11(2)14-10-12(3)9-13-7-5-4-6-8-13;/h4-9,11,14H,10H2,1-3H3;1H/b12-9+;. The van der Waals surface area contributed by atoms with Crippen LogP contribution in [0.5, 0.6) is 0 Å². The van der Waals surface area contributed by atoms with Crippen LogP contribution in [0.1, 0.15) is 26.3 Å². The van der Waals surface area contributed by atoms with Crippen LogP contribution < -0.4 is 5.32 Å². The zero-order chi connectivity index (χ0) is 10.4. The zero-order valence-corrected chi connectivity index (χ0v) is 10.5. The molecule has 0 bridgehead atoms. The maximum absolute atomic E-state index is 3.40. The largest absolute Gasteiger partial charge is 0.311 e. The van der Waals surface area contributed by atoms with Gasteiger partial charge in [-0.1, -0.05) is 55.8 Å². The van der Waals surface area contributed by atoms with E-state index < -0.39 is 0 Å². The van der Waals surface area contributed by atoms with Crippen LogP contribution in [0.4, 0.5) is 0 Å². The second-order valence-electron chi connectivity index (χ2n) is 3.94. The minimum Gasteiger partial charge on any atom is -0.311 e. The molecule has 0 radical (unpaired) electrons. The minimum absolute atomic E-state index is 0. The molecule has 1 N–H and O–H groups in total. The first-order valence-corrected chi connectivity index (χ1v) is 5.14. The van der Waals surface area contributed by atoms with Gasteiger partial charge >= 0.3 is 0 Å². The quantitative estimate of drug-likeness (QED) is 0.827. The molecule has 0 fully saturated rings. The van der Waals surface area contributed by atoms with Crippen molar-refractivity contribution in [2.75, 3.05) is 6.54 Å². The maximum Gasteiger partial charge on any atom is 0.0167 e. The number of halogens is 1. The van der Waals surface area contributed by atoms with E-state index >= 15 is 0 Å². The fraction of sp³-hybridized carbons (Fsp3) is 0.385. The smallest absolute Gasteiger partial charge is 0.0167 e. The van der Waals surface area contributed by atoms with Gasteiger partial charge in [-0.3, -0.25) is 0 Å². The number of benzene rings is 1. The highest BCUT2D eigenvalue weighted by Crippen LogP contribution is 2.05. The Morgan fingerprint density at radius 2 is 1.87 bits per heavy atom. The van der Waals surface area contributed by atoms with E-state index in [-0.39, 0.29) is 12.4 Å². The molecule has 0 amide bonds. The van der Waals surface area contributed by atoms with Crippen LogP contribution in [0.25, 0.3) is 6.08 Å². The summed E-state index contributed by atoms with van der Waals surface area (Å²) in [6.07, 6.45) is 2.22. The Hall–Kier alpha value is -0.790. The molecule has 0 aromatic heterocycles. The van der Waals surface area contributed by atoms with Crippen LogP contribution in [0, 0.1) is 0 Å². The molecule has 0 atom stereocenters. The van der Waals surface area contributed by atoms with Crippen molar-refractivity contribution in [1.82, 2.24) is 5.32 Å². The van der Waals surface area contributed by atoms with Gasteiger partial charge in [0.15, 0.2) is 0 Å². The molecule has 0 saturated carbocycles. The summed E-state index contributed by atoms with van der Waals surface area (Å²) in [5.41, 5.74) is 2.64. The van der Waals surface area contributed by atoms with E-state index in [1.165, 1.54) is 11.1 Å². The third-order valence-electron chi connectivity index (χ3n) is 2.00. The van der Waals surface area contributed by atoms with E-state index in [1.54, 1.807) is 0 Å². The predicted octanol–water partition coefficient (Wildman–Crippen LogP) is 3.51. The molecular formula is C13H20ClN. The summed E-state index contributed by atoms with van der Waals surface area (Å²) in [5.74, 6) is 0. The monoisotopic (exact) mass is 225 g/mol. The molecule has 15 heavy (non-hydrogen) atoms. The van der Waals surface area contributed by atoms with Gasteiger partial charge in [0.25, 0.3) is 0 Å². The van der Waals surface area contributed by atoms with Crippen molar-refractivity contribution in [3.63, 3.8) is 0 Å². The Kier molecular flexibility index (Phi) is 7.10. The lowest BCUT2D eigenvalue weighted by atomic mass is 10.1. The van der Waals surface area contributed by atoms with Crippen molar-refractivity contribution in [1.29, 1.82) is 0 Å². The molecule has 0 heterocycles. The van der Waals surface area contributed by atoms with Crippen LogP contribution in [0.15, 0.2) is 35.9 Å². The van der Waals surface area contributed by atoms with Crippen molar-refractivity contribution in [3.8, 4) is 0 Å². The van der Waals surface area contributed by atoms with Crippen LogP contribution in [0.2, 0.25) is 0 Å². The summed E-state index contributed by atoms with van der Waals surface area (Å²) in [6.45, 7) is 7.44. The second-order valence-corrected chi connectivity index (χ2v) is 3.94. The van der Waals surface area contributed by atoms with Crippen molar-refractivity contribution >= 4 is 18.5 Å². The topological polar surface area (TPSA) is 12.0 Å². The normalized spacial score (nSPS) is 11.3. The minimum atomic E-state index is 0. The maximum atomic E-state index is 3.40. The third-order valence-corrected chi connectivity index (χ3v) is 2.00. The molecule has 1 rings (SSSR count). The fourth-order valence-corrected chi connectivity index (χ4v) is 1.25. The molecule has 0 saturated heterocycles. The summed E-state index contributed by atoms with van der Waals surface area (Å²) in [7, 11) is 0. The van der Waals surface area contributed by atoms with Gasteiger partial charge in [-0.25, -0.2) is 0 Å². The van der Waals surface area contributed by atoms with Crippen molar-refractivity contribution in [2.24, 2.45) is 0 Å². The SMILES string of the molecule is C/C(=C\c1ccccc1)CNC(C)C.Cl. The van der Waals surface area contributed by atoms with E-state index in [0.717, 1.165) is 6.54 Å². The van der Waals surface area contributed by atoms with Crippen molar-refractivity contribution in [3.05, 3.63) is 41.5 Å². The first kappa shape index (κ1) is 14.2. The van der Waals surface area contributed by atoms with E-state index in [1.807, 2.05) is 6.07 Å². The molecule has 0 aliphatic carbocycles. The number of hydrogen-bond acceptors (Lipinski definition) is 1. The Morgan fingerprint density at radius 3 is 2.40 bits per heavy atom. The zero-order valence-electron chi connectivity index (χ0n) is 9.66. The molecule has 1 aromatic rings. The molecule has 2 heteroatoms. The van der Waals surface area contributed by atoms with Gasteiger partial charge < -0.3 is 5.32 Å². The highest BCUT2D eigenvalue weighted by molar-refractivity contribution is 5.85. The number of hydrogen-bond donors (Lipinski definition) is 1. The van der Waals surface area contributed by atoms with E-state index in [0.29, 0.717) is 6.04 Å². The average Bonchev–Trinajstić information content (AvgIpc) is 2.16. The highest BCUT2D eigenvalue weighted by Gasteiger charge is 1.93. The summed E-state index contributed by atoms with van der Waals surface area (Å²) in [4.78, 5) is 0. The molecule has 0 unspecified atom stereocenters. The molecule has 0 spiro atoms. The summed E-state index contributed by atoms with van der Waals surface area (Å²) in [5, 5.41) is 3.40. The Morgan fingerprint density at radius 1 is 1.27 bits per heavy atom. The van der Waals surface area contributed by atoms with Gasteiger partial charge in [-0.2, -0.15) is 0 Å². The van der Waals surface area contributed by atoms with Crippen LogP contribution >= 0.6 is 12.4 Å². The van der Waals surface area contributed by atoms with Gasteiger partial charge in [0.2, 0.25) is 0 Å². The van der Waals surface area contributed by atoms with Crippen LogP contribution in [0.3, 0.4) is 0 Å². The lowest BCUT2D eigenvalue weighted by Gasteiger charge is -2.07. The summed E-state index contributed by atoms with van der Waals surface area (Å²) < 4.78 is 0. The molecule has 0 aliphatic rings. The molecule has 0 aliphatic heterocycles. The first-order chi connectivity index (χ1) is 6.68.